The van der Waals surface area contributed by atoms with E-state index < -0.39 is 0 Å². The van der Waals surface area contributed by atoms with Gasteiger partial charge in [0.15, 0.2) is 0 Å². The molecule has 1 aromatic carbocycles. The zero-order chi connectivity index (χ0) is 14.9. The Labute approximate surface area is 117 Å². The zero-order valence-electron chi connectivity index (χ0n) is 12.0. The summed E-state index contributed by atoms with van der Waals surface area (Å²) in [4.78, 5) is 30.0. The van der Waals surface area contributed by atoms with Crippen LogP contribution in [0.2, 0.25) is 0 Å². The summed E-state index contributed by atoms with van der Waals surface area (Å²) >= 11 is 0. The predicted octanol–water partition coefficient (Wildman–Crippen LogP) is 1.96. The fourth-order valence-corrected chi connectivity index (χ4v) is 1.93. The lowest BCUT2D eigenvalue weighted by Gasteiger charge is -2.14. The minimum atomic E-state index is -0.234. The van der Waals surface area contributed by atoms with Gasteiger partial charge in [-0.25, -0.2) is 4.79 Å². The van der Waals surface area contributed by atoms with E-state index >= 15 is 0 Å². The molecule has 0 saturated heterocycles. The second-order valence-corrected chi connectivity index (χ2v) is 4.95. The number of anilines is 1. The first-order valence-corrected chi connectivity index (χ1v) is 6.22. The summed E-state index contributed by atoms with van der Waals surface area (Å²) in [5, 5.41) is 3.52. The molecule has 2 rings (SSSR count). The van der Waals surface area contributed by atoms with Crippen LogP contribution < -0.4 is 5.32 Å². The van der Waals surface area contributed by atoms with Crippen LogP contribution in [0.5, 0.6) is 0 Å². The fourth-order valence-electron chi connectivity index (χ4n) is 1.93. The molecule has 0 saturated carbocycles. The van der Waals surface area contributed by atoms with Crippen molar-refractivity contribution < 1.29 is 9.59 Å². The molecule has 0 aliphatic carbocycles. The molecule has 0 bridgehead atoms. The maximum Gasteiger partial charge on any atom is 0.321 e. The van der Waals surface area contributed by atoms with E-state index in [9.17, 15) is 9.59 Å². The third-order valence-electron chi connectivity index (χ3n) is 2.99. The van der Waals surface area contributed by atoms with Crippen LogP contribution in [-0.2, 0) is 0 Å². The standard InChI is InChI=1S/C14H18N4O2/c1-17(2)13(19)9-8-15-10-6-5-7-11(12(9)10)16-14(20)18(3)4/h5-8,15H,1-4H3,(H,16,20). The van der Waals surface area contributed by atoms with Crippen LogP contribution in [0.25, 0.3) is 10.9 Å². The van der Waals surface area contributed by atoms with Gasteiger partial charge in [-0.3, -0.25) is 4.79 Å². The summed E-state index contributed by atoms with van der Waals surface area (Å²) < 4.78 is 0. The van der Waals surface area contributed by atoms with Crippen LogP contribution in [0.15, 0.2) is 24.4 Å². The van der Waals surface area contributed by atoms with Gasteiger partial charge in [0.1, 0.15) is 0 Å². The van der Waals surface area contributed by atoms with Gasteiger partial charge in [0.05, 0.1) is 11.3 Å². The Hall–Kier alpha value is -2.50. The minimum absolute atomic E-state index is 0.109. The molecule has 3 amide bonds. The van der Waals surface area contributed by atoms with E-state index in [0.717, 1.165) is 10.9 Å². The van der Waals surface area contributed by atoms with E-state index in [1.54, 1.807) is 40.5 Å². The molecular weight excluding hydrogens is 256 g/mol. The van der Waals surface area contributed by atoms with Crippen LogP contribution >= 0.6 is 0 Å². The van der Waals surface area contributed by atoms with E-state index in [-0.39, 0.29) is 11.9 Å². The summed E-state index contributed by atoms with van der Waals surface area (Å²) in [6.45, 7) is 0. The number of amides is 3. The van der Waals surface area contributed by atoms with Gasteiger partial charge in [-0.05, 0) is 12.1 Å². The summed E-state index contributed by atoms with van der Waals surface area (Å²) in [6.07, 6.45) is 1.66. The molecular formula is C14H18N4O2. The number of nitrogens with zero attached hydrogens (tertiary/aromatic N) is 2. The fraction of sp³-hybridized carbons (Fsp3) is 0.286. The second kappa shape index (κ2) is 5.24. The SMILES string of the molecule is CN(C)C(=O)Nc1cccc2[nH]cc(C(=O)N(C)C)c12. The Morgan fingerprint density at radius 1 is 1.10 bits per heavy atom. The number of H-pyrrole nitrogens is 1. The number of rotatable bonds is 2. The van der Waals surface area contributed by atoms with E-state index in [2.05, 4.69) is 10.3 Å². The molecule has 0 aliphatic rings. The number of carbonyl (C=O) groups is 2. The maximum absolute atomic E-state index is 12.2. The lowest BCUT2D eigenvalue weighted by Crippen LogP contribution is -2.27. The van der Waals surface area contributed by atoms with Gasteiger partial charge < -0.3 is 20.1 Å². The molecule has 1 aromatic heterocycles. The molecule has 0 aliphatic heterocycles. The molecule has 20 heavy (non-hydrogen) atoms. The zero-order valence-corrected chi connectivity index (χ0v) is 12.0. The number of hydrogen-bond acceptors (Lipinski definition) is 2. The van der Waals surface area contributed by atoms with Gasteiger partial charge in [0.25, 0.3) is 5.91 Å². The Balaban J connectivity index is 2.52. The summed E-state index contributed by atoms with van der Waals surface area (Å²) in [5.74, 6) is -0.109. The lowest BCUT2D eigenvalue weighted by atomic mass is 10.1. The van der Waals surface area contributed by atoms with E-state index in [1.165, 1.54) is 9.80 Å². The molecule has 1 heterocycles. The third-order valence-corrected chi connectivity index (χ3v) is 2.99. The second-order valence-electron chi connectivity index (χ2n) is 4.95. The molecule has 2 aromatic rings. The van der Waals surface area contributed by atoms with Crippen molar-refractivity contribution in [3.05, 3.63) is 30.0 Å². The Kier molecular flexibility index (Phi) is 3.65. The van der Waals surface area contributed by atoms with Crippen molar-refractivity contribution in [1.82, 2.24) is 14.8 Å². The number of carbonyl (C=O) groups excluding carboxylic acids is 2. The van der Waals surface area contributed by atoms with Crippen LogP contribution in [-0.4, -0.2) is 54.9 Å². The Bertz CT molecular complexity index is 658. The van der Waals surface area contributed by atoms with E-state index in [0.29, 0.717) is 11.3 Å². The quantitative estimate of drug-likeness (QED) is 0.879. The number of fused-ring (bicyclic) bond motifs is 1. The minimum Gasteiger partial charge on any atom is -0.360 e. The van der Waals surface area contributed by atoms with Gasteiger partial charge in [-0.2, -0.15) is 0 Å². The first-order chi connectivity index (χ1) is 9.41. The molecule has 0 radical (unpaired) electrons. The average molecular weight is 274 g/mol. The monoisotopic (exact) mass is 274 g/mol. The molecule has 106 valence electrons. The van der Waals surface area contributed by atoms with Crippen LogP contribution in [0.4, 0.5) is 10.5 Å². The van der Waals surface area contributed by atoms with Crippen LogP contribution in [0.3, 0.4) is 0 Å². The van der Waals surface area contributed by atoms with Crippen LogP contribution in [0.1, 0.15) is 10.4 Å². The van der Waals surface area contributed by atoms with Crippen molar-refractivity contribution in [3.63, 3.8) is 0 Å². The van der Waals surface area contributed by atoms with E-state index in [1.807, 2.05) is 12.1 Å². The topological polar surface area (TPSA) is 68.4 Å². The molecule has 0 unspecified atom stereocenters. The van der Waals surface area contributed by atoms with Crippen molar-refractivity contribution in [3.8, 4) is 0 Å². The molecule has 0 atom stereocenters. The summed E-state index contributed by atoms with van der Waals surface area (Å²) in [5.41, 5.74) is 1.97. The number of aromatic amines is 1. The third kappa shape index (κ3) is 2.45. The van der Waals surface area contributed by atoms with Crippen LogP contribution in [0, 0.1) is 0 Å². The largest absolute Gasteiger partial charge is 0.360 e. The highest BCUT2D eigenvalue weighted by Gasteiger charge is 2.17. The highest BCUT2D eigenvalue weighted by molar-refractivity contribution is 6.13. The maximum atomic E-state index is 12.2. The predicted molar refractivity (Wildman–Crippen MR) is 79.0 cm³/mol. The number of hydrogen-bond donors (Lipinski definition) is 2. The highest BCUT2D eigenvalue weighted by atomic mass is 16.2. The van der Waals surface area contributed by atoms with Crippen molar-refractivity contribution in [2.24, 2.45) is 0 Å². The van der Waals surface area contributed by atoms with Gasteiger partial charge in [0, 0.05) is 45.3 Å². The lowest BCUT2D eigenvalue weighted by molar-refractivity contribution is 0.0829. The number of benzene rings is 1. The Morgan fingerprint density at radius 3 is 2.40 bits per heavy atom. The van der Waals surface area contributed by atoms with Crippen molar-refractivity contribution in [1.29, 1.82) is 0 Å². The summed E-state index contributed by atoms with van der Waals surface area (Å²) in [6, 6.07) is 5.24. The number of nitrogens with one attached hydrogen (secondary N) is 2. The normalized spacial score (nSPS) is 10.4. The van der Waals surface area contributed by atoms with Gasteiger partial charge in [-0.1, -0.05) is 6.07 Å². The molecule has 6 nitrogen and oxygen atoms in total. The smallest absolute Gasteiger partial charge is 0.321 e. The Morgan fingerprint density at radius 2 is 1.80 bits per heavy atom. The van der Waals surface area contributed by atoms with Crippen molar-refractivity contribution >= 4 is 28.5 Å². The van der Waals surface area contributed by atoms with Gasteiger partial charge >= 0.3 is 6.03 Å². The first-order valence-electron chi connectivity index (χ1n) is 6.22. The molecule has 0 spiro atoms. The van der Waals surface area contributed by atoms with Crippen molar-refractivity contribution in [2.45, 2.75) is 0 Å². The summed E-state index contributed by atoms with van der Waals surface area (Å²) in [7, 11) is 6.72. The number of urea groups is 1. The average Bonchev–Trinajstić information content (AvgIpc) is 2.82. The molecule has 6 heteroatoms. The molecule has 0 fully saturated rings. The van der Waals surface area contributed by atoms with Crippen molar-refractivity contribution in [2.75, 3.05) is 33.5 Å². The number of aromatic nitrogens is 1. The molecule has 2 N–H and O–H groups in total. The van der Waals surface area contributed by atoms with Gasteiger partial charge in [0.2, 0.25) is 0 Å². The first kappa shape index (κ1) is 13.9. The van der Waals surface area contributed by atoms with E-state index in [4.69, 9.17) is 0 Å². The highest BCUT2D eigenvalue weighted by Crippen LogP contribution is 2.27. The van der Waals surface area contributed by atoms with Gasteiger partial charge in [-0.15, -0.1) is 0 Å².